The summed E-state index contributed by atoms with van der Waals surface area (Å²) in [6, 6.07) is 0. The van der Waals surface area contributed by atoms with Crippen LogP contribution in [-0.2, 0) is 4.74 Å². The number of ether oxygens (including phenoxy) is 1. The highest BCUT2D eigenvalue weighted by Gasteiger charge is 2.22. The van der Waals surface area contributed by atoms with E-state index in [4.69, 9.17) is 4.74 Å². The Kier molecular flexibility index (Phi) is 1.33. The van der Waals surface area contributed by atoms with Gasteiger partial charge in [0, 0.05) is 0 Å². The lowest BCUT2D eigenvalue weighted by Gasteiger charge is -1.95. The predicted molar refractivity (Wildman–Crippen MR) is 29.2 cm³/mol. The van der Waals surface area contributed by atoms with Crippen molar-refractivity contribution in [3.8, 4) is 0 Å². The second-order valence-corrected chi connectivity index (χ2v) is 2.58. The second-order valence-electron chi connectivity index (χ2n) is 2.58. The molecule has 0 aromatic heterocycles. The summed E-state index contributed by atoms with van der Waals surface area (Å²) in [5, 5.41) is 0. The van der Waals surface area contributed by atoms with Gasteiger partial charge in [-0.15, -0.1) is 0 Å². The first-order valence-electron chi connectivity index (χ1n) is 2.90. The molecular formula is C6H12O. The van der Waals surface area contributed by atoms with E-state index >= 15 is 0 Å². The van der Waals surface area contributed by atoms with Crippen LogP contribution in [0.5, 0.6) is 0 Å². The van der Waals surface area contributed by atoms with Crippen LogP contribution in [0.1, 0.15) is 20.3 Å². The number of rotatable bonds is 2. The van der Waals surface area contributed by atoms with Crippen molar-refractivity contribution in [1.82, 2.24) is 0 Å². The van der Waals surface area contributed by atoms with Crippen LogP contribution < -0.4 is 0 Å². The van der Waals surface area contributed by atoms with Crippen LogP contribution in [0.15, 0.2) is 0 Å². The molecule has 1 heteroatoms. The molecule has 0 aliphatic carbocycles. The van der Waals surface area contributed by atoms with Crippen molar-refractivity contribution < 1.29 is 4.74 Å². The number of hydrogen-bond acceptors (Lipinski definition) is 1. The minimum Gasteiger partial charge on any atom is -0.373 e. The molecule has 0 N–H and O–H groups in total. The van der Waals surface area contributed by atoms with Gasteiger partial charge in [-0.05, 0) is 12.3 Å². The summed E-state index contributed by atoms with van der Waals surface area (Å²) in [6.07, 6.45) is 1.87. The van der Waals surface area contributed by atoms with Crippen LogP contribution in [0.3, 0.4) is 0 Å². The first-order valence-corrected chi connectivity index (χ1v) is 2.90. The third-order valence-electron chi connectivity index (χ3n) is 1.14. The molecule has 1 heterocycles. The van der Waals surface area contributed by atoms with Crippen molar-refractivity contribution in [3.63, 3.8) is 0 Å². The summed E-state index contributed by atoms with van der Waals surface area (Å²) in [5.41, 5.74) is 0. The van der Waals surface area contributed by atoms with Crippen molar-refractivity contribution in [1.29, 1.82) is 0 Å². The molecule has 0 aromatic carbocycles. The van der Waals surface area contributed by atoms with Crippen LogP contribution in [-0.4, -0.2) is 12.7 Å². The largest absolute Gasteiger partial charge is 0.373 e. The van der Waals surface area contributed by atoms with Gasteiger partial charge in [0.25, 0.3) is 0 Å². The van der Waals surface area contributed by atoms with Gasteiger partial charge in [-0.25, -0.2) is 0 Å². The van der Waals surface area contributed by atoms with Crippen molar-refractivity contribution in [2.24, 2.45) is 5.92 Å². The topological polar surface area (TPSA) is 12.5 Å². The monoisotopic (exact) mass is 100 g/mol. The van der Waals surface area contributed by atoms with Crippen LogP contribution in [0.25, 0.3) is 0 Å². The first kappa shape index (κ1) is 5.10. The molecule has 1 fully saturated rings. The van der Waals surface area contributed by atoms with Gasteiger partial charge in [0.15, 0.2) is 0 Å². The predicted octanol–water partition coefficient (Wildman–Crippen LogP) is 1.43. The van der Waals surface area contributed by atoms with Gasteiger partial charge >= 0.3 is 0 Å². The molecule has 1 nitrogen and oxygen atoms in total. The Balaban J connectivity index is 1.97. The maximum Gasteiger partial charge on any atom is 0.0812 e. The van der Waals surface area contributed by atoms with Gasteiger partial charge < -0.3 is 4.74 Å². The van der Waals surface area contributed by atoms with Crippen molar-refractivity contribution in [3.05, 3.63) is 0 Å². The number of epoxide rings is 1. The fourth-order valence-electron chi connectivity index (χ4n) is 0.730. The molecule has 7 heavy (non-hydrogen) atoms. The molecule has 1 saturated heterocycles. The number of hydrogen-bond donors (Lipinski definition) is 0. The molecule has 0 radical (unpaired) electrons. The summed E-state index contributed by atoms with van der Waals surface area (Å²) >= 11 is 0. The molecule has 1 rings (SSSR count). The van der Waals surface area contributed by atoms with Crippen LogP contribution in [0.2, 0.25) is 0 Å². The average Bonchev–Trinajstić information content (AvgIpc) is 2.17. The highest BCUT2D eigenvalue weighted by Crippen LogP contribution is 2.17. The fraction of sp³-hybridized carbons (Fsp3) is 1.00. The van der Waals surface area contributed by atoms with Gasteiger partial charge in [-0.2, -0.15) is 0 Å². The fourth-order valence-corrected chi connectivity index (χ4v) is 0.730. The standard InChI is InChI=1S/C6H12O/c1-5(2)3-6-4-7-6/h5-6H,3-4H2,1-2H3/t6-/m0/s1. The van der Waals surface area contributed by atoms with E-state index in [1.165, 1.54) is 6.42 Å². The SMILES string of the molecule is CC(C)C[C@H]1CO1. The minimum atomic E-state index is 0.625. The molecule has 42 valence electrons. The van der Waals surface area contributed by atoms with E-state index < -0.39 is 0 Å². The lowest BCUT2D eigenvalue weighted by atomic mass is 10.1. The highest BCUT2D eigenvalue weighted by atomic mass is 16.6. The Morgan fingerprint density at radius 2 is 2.29 bits per heavy atom. The lowest BCUT2D eigenvalue weighted by molar-refractivity contribution is 0.370. The normalized spacial score (nSPS) is 28.7. The zero-order valence-electron chi connectivity index (χ0n) is 4.98. The Hall–Kier alpha value is -0.0400. The minimum absolute atomic E-state index is 0.625. The molecular weight excluding hydrogens is 88.1 g/mol. The summed E-state index contributed by atoms with van der Waals surface area (Å²) in [6.45, 7) is 5.46. The molecule has 0 aromatic rings. The lowest BCUT2D eigenvalue weighted by Crippen LogP contribution is -1.92. The quantitative estimate of drug-likeness (QED) is 0.478. The van der Waals surface area contributed by atoms with E-state index in [1.54, 1.807) is 0 Å². The summed E-state index contributed by atoms with van der Waals surface area (Å²) < 4.78 is 5.02. The molecule has 0 saturated carbocycles. The molecule has 0 bridgehead atoms. The Morgan fingerprint density at radius 3 is 2.43 bits per heavy atom. The van der Waals surface area contributed by atoms with Gasteiger partial charge in [0.2, 0.25) is 0 Å². The molecule has 0 spiro atoms. The molecule has 1 atom stereocenters. The Labute approximate surface area is 44.7 Å². The van der Waals surface area contributed by atoms with Gasteiger partial charge in [-0.3, -0.25) is 0 Å². The third-order valence-corrected chi connectivity index (χ3v) is 1.14. The summed E-state index contributed by atoms with van der Waals surface area (Å²) in [4.78, 5) is 0. The first-order chi connectivity index (χ1) is 3.29. The Bertz CT molecular complexity index is 55.2. The van der Waals surface area contributed by atoms with Crippen molar-refractivity contribution >= 4 is 0 Å². The van der Waals surface area contributed by atoms with Crippen LogP contribution in [0.4, 0.5) is 0 Å². The van der Waals surface area contributed by atoms with E-state index in [9.17, 15) is 0 Å². The van der Waals surface area contributed by atoms with Gasteiger partial charge in [0.1, 0.15) is 0 Å². The molecule has 1 aliphatic rings. The Morgan fingerprint density at radius 1 is 1.71 bits per heavy atom. The zero-order chi connectivity index (χ0) is 5.28. The second kappa shape index (κ2) is 1.83. The smallest absolute Gasteiger partial charge is 0.0812 e. The molecule has 0 unspecified atom stereocenters. The maximum atomic E-state index is 5.02. The highest BCUT2D eigenvalue weighted by molar-refractivity contribution is 4.69. The summed E-state index contributed by atoms with van der Waals surface area (Å²) in [7, 11) is 0. The molecule has 0 amide bonds. The van der Waals surface area contributed by atoms with E-state index in [-0.39, 0.29) is 0 Å². The van der Waals surface area contributed by atoms with Gasteiger partial charge in [-0.1, -0.05) is 13.8 Å². The van der Waals surface area contributed by atoms with E-state index in [0.717, 1.165) is 12.5 Å². The van der Waals surface area contributed by atoms with Crippen LogP contribution in [0, 0.1) is 5.92 Å². The average molecular weight is 100 g/mol. The maximum absolute atomic E-state index is 5.02. The molecule has 1 aliphatic heterocycles. The van der Waals surface area contributed by atoms with E-state index in [2.05, 4.69) is 13.8 Å². The van der Waals surface area contributed by atoms with E-state index in [0.29, 0.717) is 6.10 Å². The zero-order valence-corrected chi connectivity index (χ0v) is 4.98. The van der Waals surface area contributed by atoms with Crippen molar-refractivity contribution in [2.45, 2.75) is 26.4 Å². The van der Waals surface area contributed by atoms with Crippen molar-refractivity contribution in [2.75, 3.05) is 6.61 Å². The third kappa shape index (κ3) is 1.93. The van der Waals surface area contributed by atoms with Crippen LogP contribution >= 0.6 is 0 Å². The van der Waals surface area contributed by atoms with E-state index in [1.807, 2.05) is 0 Å². The summed E-state index contributed by atoms with van der Waals surface area (Å²) in [5.74, 6) is 0.812. The van der Waals surface area contributed by atoms with Gasteiger partial charge in [0.05, 0.1) is 12.7 Å².